The lowest BCUT2D eigenvalue weighted by atomic mass is 9.94. The molecule has 0 fully saturated rings. The molecule has 3 N–H and O–H groups in total. The fourth-order valence-electron chi connectivity index (χ4n) is 4.10. The Bertz CT molecular complexity index is 1410. The lowest BCUT2D eigenvalue weighted by Gasteiger charge is -2.23. The Hall–Kier alpha value is -3.99. The number of nitrogens with one attached hydrogen (secondary N) is 3. The fourth-order valence-corrected chi connectivity index (χ4v) is 4.35. The molecule has 1 aromatic carbocycles. The number of H-pyrrole nitrogens is 1. The summed E-state index contributed by atoms with van der Waals surface area (Å²) >= 11 is 6.63. The molecule has 2 amide bonds. The van der Waals surface area contributed by atoms with Gasteiger partial charge in [0.2, 0.25) is 5.91 Å². The van der Waals surface area contributed by atoms with Gasteiger partial charge in [0.1, 0.15) is 18.0 Å². The summed E-state index contributed by atoms with van der Waals surface area (Å²) in [7, 11) is 0. The normalized spacial score (nSPS) is 12.0. The number of benzene rings is 1. The van der Waals surface area contributed by atoms with Gasteiger partial charge in [-0.2, -0.15) is 0 Å². The van der Waals surface area contributed by atoms with Crippen molar-refractivity contribution in [2.75, 3.05) is 18.5 Å². The summed E-state index contributed by atoms with van der Waals surface area (Å²) in [5.41, 5.74) is 1.80. The summed E-state index contributed by atoms with van der Waals surface area (Å²) in [5.74, 6) is -2.12. The quantitative estimate of drug-likeness (QED) is 0.265. The maximum atomic E-state index is 13.6. The number of nitrogens with zero attached hydrogens (tertiary/aromatic N) is 2. The number of anilines is 1. The van der Waals surface area contributed by atoms with E-state index in [2.05, 4.69) is 25.6 Å². The number of aromatic nitrogens is 3. The molecular formula is C29H36ClN5O6. The third-order valence-corrected chi connectivity index (χ3v) is 6.68. The lowest BCUT2D eigenvalue weighted by molar-refractivity contribution is -0.146. The maximum absolute atomic E-state index is 13.6. The minimum absolute atomic E-state index is 0.0177. The molecule has 0 aliphatic rings. The highest BCUT2D eigenvalue weighted by Gasteiger charge is 2.29. The van der Waals surface area contributed by atoms with Crippen LogP contribution in [-0.2, 0) is 36.7 Å². The number of fused-ring (bicyclic) bond motifs is 1. The third-order valence-electron chi connectivity index (χ3n) is 6.32. The van der Waals surface area contributed by atoms with E-state index in [0.717, 1.165) is 10.9 Å². The molecule has 0 unspecified atom stereocenters. The Morgan fingerprint density at radius 2 is 1.80 bits per heavy atom. The molecule has 0 bridgehead atoms. The summed E-state index contributed by atoms with van der Waals surface area (Å²) in [6.07, 6.45) is 5.80. The van der Waals surface area contributed by atoms with E-state index >= 15 is 0 Å². The van der Waals surface area contributed by atoms with Crippen molar-refractivity contribution in [3.8, 4) is 0 Å². The molecule has 0 aliphatic carbocycles. The van der Waals surface area contributed by atoms with Crippen LogP contribution in [0.5, 0.6) is 0 Å². The average molecular weight is 586 g/mol. The van der Waals surface area contributed by atoms with Crippen LogP contribution in [0.15, 0.2) is 30.9 Å². The van der Waals surface area contributed by atoms with Crippen molar-refractivity contribution in [1.29, 1.82) is 0 Å². The van der Waals surface area contributed by atoms with E-state index in [0.29, 0.717) is 29.1 Å². The molecule has 3 aromatic rings. The van der Waals surface area contributed by atoms with Crippen LogP contribution in [0.3, 0.4) is 0 Å². The van der Waals surface area contributed by atoms with Crippen molar-refractivity contribution < 1.29 is 28.7 Å². The van der Waals surface area contributed by atoms with Crippen LogP contribution in [-0.4, -0.2) is 58.0 Å². The van der Waals surface area contributed by atoms with Crippen LogP contribution in [0.2, 0.25) is 5.02 Å². The number of amides is 2. The summed E-state index contributed by atoms with van der Waals surface area (Å²) in [4.78, 5) is 62.7. The minimum Gasteiger partial charge on any atom is -0.466 e. The number of rotatable bonds is 12. The van der Waals surface area contributed by atoms with Crippen LogP contribution in [0.1, 0.15) is 68.9 Å². The van der Waals surface area contributed by atoms with Gasteiger partial charge in [0.15, 0.2) is 0 Å². The molecule has 11 nitrogen and oxygen atoms in total. The zero-order valence-corrected chi connectivity index (χ0v) is 24.7. The fraction of sp³-hybridized carbons (Fsp3) is 0.448. The first-order valence-corrected chi connectivity index (χ1v) is 13.9. The Morgan fingerprint density at radius 1 is 1.07 bits per heavy atom. The first kappa shape index (κ1) is 31.5. The summed E-state index contributed by atoms with van der Waals surface area (Å²) in [6, 6.07) is 1.96. The van der Waals surface area contributed by atoms with Crippen molar-refractivity contribution in [2.45, 2.75) is 66.3 Å². The molecule has 2 heterocycles. The van der Waals surface area contributed by atoms with Gasteiger partial charge in [-0.15, -0.1) is 0 Å². The first-order valence-electron chi connectivity index (χ1n) is 13.5. The number of aromatic amines is 1. The van der Waals surface area contributed by atoms with Crippen molar-refractivity contribution in [3.63, 3.8) is 0 Å². The van der Waals surface area contributed by atoms with Gasteiger partial charge in [0.05, 0.1) is 24.5 Å². The van der Waals surface area contributed by atoms with E-state index in [9.17, 15) is 19.2 Å². The zero-order chi connectivity index (χ0) is 30.2. The van der Waals surface area contributed by atoms with Gasteiger partial charge < -0.3 is 25.1 Å². The number of carbonyl (C=O) groups excluding carboxylic acids is 4. The highest BCUT2D eigenvalue weighted by molar-refractivity contribution is 6.32. The Balaban J connectivity index is 1.96. The van der Waals surface area contributed by atoms with Gasteiger partial charge in [-0.3, -0.25) is 14.4 Å². The van der Waals surface area contributed by atoms with Crippen LogP contribution in [0.4, 0.5) is 5.69 Å². The SMILES string of the molecule is CCOC(=O)CC[C@H](NC(=O)c1ccc(Cl)c(CCc2c[nH]c3ncncc23)c1NC(=O)C(C)(C)C)C(=O)OCC. The molecule has 12 heteroatoms. The summed E-state index contributed by atoms with van der Waals surface area (Å²) in [6.45, 7) is 8.89. The maximum Gasteiger partial charge on any atom is 0.328 e. The van der Waals surface area contributed by atoms with Gasteiger partial charge in [-0.25, -0.2) is 14.8 Å². The topological polar surface area (TPSA) is 152 Å². The van der Waals surface area contributed by atoms with E-state index in [1.165, 1.54) is 12.4 Å². The van der Waals surface area contributed by atoms with Crippen LogP contribution in [0.25, 0.3) is 11.0 Å². The van der Waals surface area contributed by atoms with Gasteiger partial charge in [-0.1, -0.05) is 32.4 Å². The van der Waals surface area contributed by atoms with E-state index in [1.807, 2.05) is 6.20 Å². The van der Waals surface area contributed by atoms with Gasteiger partial charge in [-0.05, 0) is 56.4 Å². The molecule has 41 heavy (non-hydrogen) atoms. The Kier molecular flexibility index (Phi) is 10.8. The second-order valence-corrected chi connectivity index (χ2v) is 10.8. The van der Waals surface area contributed by atoms with Crippen molar-refractivity contribution in [2.24, 2.45) is 5.41 Å². The molecule has 0 aliphatic heterocycles. The van der Waals surface area contributed by atoms with E-state index in [4.69, 9.17) is 21.1 Å². The van der Waals surface area contributed by atoms with E-state index in [1.54, 1.807) is 46.9 Å². The second-order valence-electron chi connectivity index (χ2n) is 10.4. The number of halogens is 1. The third kappa shape index (κ3) is 8.26. The first-order chi connectivity index (χ1) is 19.5. The van der Waals surface area contributed by atoms with Gasteiger partial charge in [0.25, 0.3) is 5.91 Å². The molecule has 2 aromatic heterocycles. The Morgan fingerprint density at radius 3 is 2.49 bits per heavy atom. The number of carbonyl (C=O) groups is 4. The van der Waals surface area contributed by atoms with Crippen LogP contribution < -0.4 is 10.6 Å². The largest absolute Gasteiger partial charge is 0.466 e. The number of hydrogen-bond acceptors (Lipinski definition) is 8. The predicted molar refractivity (Wildman–Crippen MR) is 155 cm³/mol. The lowest BCUT2D eigenvalue weighted by Crippen LogP contribution is -2.42. The summed E-state index contributed by atoms with van der Waals surface area (Å²) in [5, 5.41) is 6.79. The molecule has 0 saturated carbocycles. The van der Waals surface area contributed by atoms with Crippen molar-refractivity contribution in [1.82, 2.24) is 20.3 Å². The Labute approximate surface area is 243 Å². The molecule has 0 saturated heterocycles. The molecule has 1 atom stereocenters. The molecular weight excluding hydrogens is 550 g/mol. The summed E-state index contributed by atoms with van der Waals surface area (Å²) < 4.78 is 10.1. The standard InChI is InChI=1S/C29H36ClN5O6/c1-6-40-23(36)13-12-22(27(38)41-7-2)34-26(37)19-10-11-21(30)18(24(19)35-28(39)29(3,4)5)9-8-17-14-32-25-20(17)15-31-16-33-25/h10-11,14-16,22H,6-9,12-13H2,1-5H3,(H,34,37)(H,35,39)(H,31,32,33)/t22-/m0/s1. The number of aryl methyl sites for hydroxylation is 1. The highest BCUT2D eigenvalue weighted by atomic mass is 35.5. The monoisotopic (exact) mass is 585 g/mol. The van der Waals surface area contributed by atoms with Crippen LogP contribution >= 0.6 is 11.6 Å². The second kappa shape index (κ2) is 14.1. The minimum atomic E-state index is -1.11. The van der Waals surface area contributed by atoms with E-state index < -0.39 is 29.3 Å². The van der Waals surface area contributed by atoms with Crippen molar-refractivity contribution >= 4 is 52.1 Å². The highest BCUT2D eigenvalue weighted by Crippen LogP contribution is 2.32. The predicted octanol–water partition coefficient (Wildman–Crippen LogP) is 4.39. The van der Waals surface area contributed by atoms with Gasteiger partial charge >= 0.3 is 11.9 Å². The zero-order valence-electron chi connectivity index (χ0n) is 23.9. The number of ether oxygens (including phenoxy) is 2. The van der Waals surface area contributed by atoms with Crippen LogP contribution in [0, 0.1) is 5.41 Å². The molecule has 3 rings (SSSR count). The number of esters is 2. The molecule has 220 valence electrons. The van der Waals surface area contributed by atoms with Gasteiger partial charge in [0, 0.05) is 34.6 Å². The van der Waals surface area contributed by atoms with Crippen molar-refractivity contribution in [3.05, 3.63) is 52.6 Å². The molecule has 0 spiro atoms. The smallest absolute Gasteiger partial charge is 0.328 e. The number of hydrogen-bond donors (Lipinski definition) is 3. The van der Waals surface area contributed by atoms with E-state index in [-0.39, 0.29) is 43.2 Å². The molecule has 0 radical (unpaired) electrons. The average Bonchev–Trinajstić information content (AvgIpc) is 3.33.